The lowest BCUT2D eigenvalue weighted by molar-refractivity contribution is -0.384. The average molecular weight is 290 g/mol. The van der Waals surface area contributed by atoms with Crippen LogP contribution in [0.2, 0.25) is 0 Å². The van der Waals surface area contributed by atoms with Crippen LogP contribution in [0.15, 0.2) is 18.2 Å². The van der Waals surface area contributed by atoms with Crippen LogP contribution in [-0.2, 0) is 4.79 Å². The van der Waals surface area contributed by atoms with Gasteiger partial charge in [-0.2, -0.15) is 5.26 Å². The number of nitro benzene ring substituents is 1. The van der Waals surface area contributed by atoms with E-state index >= 15 is 0 Å². The Hall–Kier alpha value is -2.46. The first-order valence-electron chi connectivity index (χ1n) is 6.29. The Bertz CT molecular complexity index is 624. The average Bonchev–Trinajstić information content (AvgIpc) is 2.37. The van der Waals surface area contributed by atoms with Crippen molar-refractivity contribution >= 4 is 17.3 Å². The van der Waals surface area contributed by atoms with Crippen LogP contribution in [0.1, 0.15) is 33.3 Å². The van der Waals surface area contributed by atoms with Gasteiger partial charge in [-0.25, -0.2) is 0 Å². The van der Waals surface area contributed by atoms with Gasteiger partial charge in [0.1, 0.15) is 6.07 Å². The van der Waals surface area contributed by atoms with Crippen LogP contribution in [0.25, 0.3) is 0 Å². The van der Waals surface area contributed by atoms with E-state index in [1.54, 1.807) is 27.7 Å². The van der Waals surface area contributed by atoms with E-state index in [1.807, 2.05) is 6.07 Å². The van der Waals surface area contributed by atoms with Crippen molar-refractivity contribution in [1.82, 2.24) is 0 Å². The number of benzene rings is 1. The first-order chi connectivity index (χ1) is 9.50. The molecule has 7 heteroatoms. The zero-order valence-corrected chi connectivity index (χ0v) is 12.4. The number of nitrogens with zero attached hydrogens (tertiary/aromatic N) is 2. The number of anilines is 1. The first kappa shape index (κ1) is 16.6. The molecule has 0 aromatic heterocycles. The van der Waals surface area contributed by atoms with Crippen LogP contribution in [-0.4, -0.2) is 16.4 Å². The Balaban J connectivity index is 3.13. The van der Waals surface area contributed by atoms with Gasteiger partial charge in [-0.15, -0.1) is 0 Å². The second-order valence-corrected chi connectivity index (χ2v) is 5.90. The molecule has 0 aliphatic rings. The zero-order valence-electron chi connectivity index (χ0n) is 12.4. The van der Waals surface area contributed by atoms with E-state index in [0.29, 0.717) is 0 Å². The molecular formula is C14H18N4O3. The van der Waals surface area contributed by atoms with Gasteiger partial charge in [-0.3, -0.25) is 14.9 Å². The summed E-state index contributed by atoms with van der Waals surface area (Å²) in [5.74, 6) is -0.361. The third kappa shape index (κ3) is 3.35. The lowest BCUT2D eigenvalue weighted by Crippen LogP contribution is -2.53. The van der Waals surface area contributed by atoms with Gasteiger partial charge in [0.25, 0.3) is 5.69 Å². The number of hydrogen-bond donors (Lipinski definition) is 2. The van der Waals surface area contributed by atoms with Gasteiger partial charge < -0.3 is 11.1 Å². The molecule has 1 rings (SSSR count). The minimum Gasteiger partial charge on any atom is -0.325 e. The normalized spacial score (nSPS) is 11.6. The molecule has 0 aliphatic carbocycles. The molecule has 1 aromatic rings. The number of rotatable bonds is 4. The van der Waals surface area contributed by atoms with Gasteiger partial charge in [0, 0.05) is 17.7 Å². The summed E-state index contributed by atoms with van der Waals surface area (Å²) in [7, 11) is 0. The molecule has 21 heavy (non-hydrogen) atoms. The number of amides is 1. The molecule has 0 saturated heterocycles. The third-order valence-corrected chi connectivity index (χ3v) is 3.76. The Kier molecular flexibility index (Phi) is 4.35. The molecule has 112 valence electrons. The monoisotopic (exact) mass is 290 g/mol. The number of nitrogens with one attached hydrogen (secondary N) is 1. The minimum absolute atomic E-state index is 0.0307. The molecule has 0 saturated carbocycles. The molecule has 0 aliphatic heterocycles. The minimum atomic E-state index is -0.887. The molecular weight excluding hydrogens is 272 g/mol. The topological polar surface area (TPSA) is 122 Å². The number of carbonyl (C=O) groups is 1. The Morgan fingerprint density at radius 1 is 1.38 bits per heavy atom. The Morgan fingerprint density at radius 2 is 1.95 bits per heavy atom. The Labute approximate surface area is 122 Å². The first-order valence-corrected chi connectivity index (χ1v) is 6.29. The summed E-state index contributed by atoms with van der Waals surface area (Å²) < 4.78 is 0. The summed E-state index contributed by atoms with van der Waals surface area (Å²) in [6.45, 7) is 6.85. The van der Waals surface area contributed by atoms with E-state index in [0.717, 1.165) is 6.07 Å². The smallest absolute Gasteiger partial charge is 0.270 e. The van der Waals surface area contributed by atoms with E-state index in [9.17, 15) is 14.9 Å². The van der Waals surface area contributed by atoms with E-state index in [2.05, 4.69) is 5.32 Å². The number of carbonyl (C=O) groups excluding carboxylic acids is 1. The molecule has 0 bridgehead atoms. The standard InChI is InChI=1S/C14H18N4O3/c1-13(2,14(3,4)16)12(19)17-11-6-5-10(18(20)21)7-9(11)8-15/h5-7H,16H2,1-4H3,(H,17,19). The molecule has 3 N–H and O–H groups in total. The molecule has 1 amide bonds. The quantitative estimate of drug-likeness (QED) is 0.650. The highest BCUT2D eigenvalue weighted by Gasteiger charge is 2.40. The fourth-order valence-electron chi connectivity index (χ4n) is 1.42. The maximum Gasteiger partial charge on any atom is 0.270 e. The summed E-state index contributed by atoms with van der Waals surface area (Å²) in [5, 5.41) is 22.3. The predicted octanol–water partition coefficient (Wildman–Crippen LogP) is 2.17. The maximum absolute atomic E-state index is 12.3. The predicted molar refractivity (Wildman–Crippen MR) is 78.5 cm³/mol. The van der Waals surface area contributed by atoms with E-state index in [-0.39, 0.29) is 22.8 Å². The number of hydrogen-bond acceptors (Lipinski definition) is 5. The second kappa shape index (κ2) is 5.50. The highest BCUT2D eigenvalue weighted by atomic mass is 16.6. The van der Waals surface area contributed by atoms with E-state index in [4.69, 9.17) is 11.0 Å². The highest BCUT2D eigenvalue weighted by molar-refractivity contribution is 5.97. The van der Waals surface area contributed by atoms with Crippen molar-refractivity contribution in [1.29, 1.82) is 5.26 Å². The lowest BCUT2D eigenvalue weighted by atomic mass is 9.74. The molecule has 0 spiro atoms. The van der Waals surface area contributed by atoms with Crippen LogP contribution in [0.3, 0.4) is 0 Å². The summed E-state index contributed by atoms with van der Waals surface area (Å²) in [5.41, 5.74) is 4.38. The second-order valence-electron chi connectivity index (χ2n) is 5.90. The molecule has 0 unspecified atom stereocenters. The molecule has 1 aromatic carbocycles. The largest absolute Gasteiger partial charge is 0.325 e. The highest BCUT2D eigenvalue weighted by Crippen LogP contribution is 2.31. The summed E-state index contributed by atoms with van der Waals surface area (Å²) in [6.07, 6.45) is 0. The van der Waals surface area contributed by atoms with E-state index < -0.39 is 15.9 Å². The van der Waals surface area contributed by atoms with Gasteiger partial charge in [0.15, 0.2) is 0 Å². The van der Waals surface area contributed by atoms with Gasteiger partial charge in [-0.1, -0.05) is 0 Å². The number of non-ortho nitro benzene ring substituents is 1. The van der Waals surface area contributed by atoms with Crippen molar-refractivity contribution < 1.29 is 9.72 Å². The third-order valence-electron chi connectivity index (χ3n) is 3.76. The van der Waals surface area contributed by atoms with Crippen LogP contribution in [0.5, 0.6) is 0 Å². The van der Waals surface area contributed by atoms with Gasteiger partial charge in [0.2, 0.25) is 5.91 Å². The van der Waals surface area contributed by atoms with Crippen molar-refractivity contribution in [3.63, 3.8) is 0 Å². The van der Waals surface area contributed by atoms with Crippen molar-refractivity contribution in [2.24, 2.45) is 11.1 Å². The molecule has 0 heterocycles. The van der Waals surface area contributed by atoms with Crippen LogP contribution < -0.4 is 11.1 Å². The van der Waals surface area contributed by atoms with Gasteiger partial charge in [-0.05, 0) is 33.8 Å². The lowest BCUT2D eigenvalue weighted by Gasteiger charge is -2.36. The fraction of sp³-hybridized carbons (Fsp3) is 0.429. The fourth-order valence-corrected chi connectivity index (χ4v) is 1.42. The number of nitro groups is 1. The summed E-state index contributed by atoms with van der Waals surface area (Å²) in [6, 6.07) is 5.53. The van der Waals surface area contributed by atoms with Gasteiger partial charge >= 0.3 is 0 Å². The summed E-state index contributed by atoms with van der Waals surface area (Å²) >= 11 is 0. The number of nitrogens with two attached hydrogens (primary N) is 1. The maximum atomic E-state index is 12.3. The molecule has 7 nitrogen and oxygen atoms in total. The Morgan fingerprint density at radius 3 is 2.38 bits per heavy atom. The SMILES string of the molecule is CC(C)(N)C(C)(C)C(=O)Nc1ccc([N+](=O)[O-])cc1C#N. The zero-order chi connectivity index (χ0) is 16.4. The molecule has 0 radical (unpaired) electrons. The van der Waals surface area contributed by atoms with E-state index in [1.165, 1.54) is 12.1 Å². The summed E-state index contributed by atoms with van der Waals surface area (Å²) in [4.78, 5) is 22.4. The van der Waals surface area contributed by atoms with Crippen molar-refractivity contribution in [3.05, 3.63) is 33.9 Å². The van der Waals surface area contributed by atoms with Crippen LogP contribution in [0, 0.1) is 26.9 Å². The number of nitriles is 1. The van der Waals surface area contributed by atoms with Crippen molar-refractivity contribution in [2.45, 2.75) is 33.2 Å². The van der Waals surface area contributed by atoms with Crippen LogP contribution in [0.4, 0.5) is 11.4 Å². The van der Waals surface area contributed by atoms with Crippen molar-refractivity contribution in [3.8, 4) is 6.07 Å². The van der Waals surface area contributed by atoms with Crippen LogP contribution >= 0.6 is 0 Å². The van der Waals surface area contributed by atoms with Gasteiger partial charge in [0.05, 0.1) is 21.6 Å². The van der Waals surface area contributed by atoms with Crippen molar-refractivity contribution in [2.75, 3.05) is 5.32 Å². The molecule has 0 atom stereocenters. The molecule has 0 fully saturated rings.